The van der Waals surface area contributed by atoms with E-state index in [0.717, 1.165) is 12.1 Å². The summed E-state index contributed by atoms with van der Waals surface area (Å²) in [5.74, 6) is -1.75. The number of benzene rings is 7. The summed E-state index contributed by atoms with van der Waals surface area (Å²) in [5.41, 5.74) is 0.348. The van der Waals surface area contributed by atoms with E-state index in [1.807, 2.05) is 0 Å². The van der Waals surface area contributed by atoms with Crippen LogP contribution in [0, 0.1) is 17.1 Å². The van der Waals surface area contributed by atoms with Crippen LogP contribution in [0.25, 0.3) is 6.08 Å². The van der Waals surface area contributed by atoms with Crippen molar-refractivity contribution < 1.29 is 30.2 Å². The summed E-state index contributed by atoms with van der Waals surface area (Å²) in [7, 11) is 8.74. The normalized spacial score (nSPS) is 10.3. The Morgan fingerprint density at radius 1 is 0.545 bits per heavy atom. The van der Waals surface area contributed by atoms with Crippen LogP contribution in [0.1, 0.15) is 11.1 Å². The molecule has 0 unspecified atom stereocenters. The second kappa shape index (κ2) is 24.6. The molecule has 3 nitrogen and oxygen atoms in total. The monoisotopic (exact) mass is 891 g/mol. The Morgan fingerprint density at radius 3 is 1.04 bits per heavy atom. The van der Waals surface area contributed by atoms with Gasteiger partial charge in [0.1, 0.15) is 11.9 Å². The molecule has 0 saturated carbocycles. The van der Waals surface area contributed by atoms with Gasteiger partial charge in [-0.2, -0.15) is 5.26 Å². The fraction of sp³-hybridized carbons (Fsp3) is 0. The van der Waals surface area contributed by atoms with E-state index in [4.69, 9.17) is 29.4 Å². The summed E-state index contributed by atoms with van der Waals surface area (Å²) in [6, 6.07) is 70.2. The van der Waals surface area contributed by atoms with Gasteiger partial charge in [-0.25, -0.2) is 9.18 Å². The van der Waals surface area contributed by atoms with Crippen LogP contribution in [-0.2, 0) is 20.7 Å². The van der Waals surface area contributed by atoms with Gasteiger partial charge in [-0.3, -0.25) is 0 Å². The van der Waals surface area contributed by atoms with Gasteiger partial charge in [-0.05, 0) is 71.4 Å². The molecule has 55 heavy (non-hydrogen) atoms. The van der Waals surface area contributed by atoms with Gasteiger partial charge in [-0.1, -0.05) is 188 Å². The average Bonchev–Trinajstić information content (AvgIpc) is 3.24. The van der Waals surface area contributed by atoms with Crippen molar-refractivity contribution in [2.75, 3.05) is 0 Å². The van der Waals surface area contributed by atoms with E-state index >= 15 is 0 Å². The molecule has 0 atom stereocenters. The largest absolute Gasteiger partial charge is 0.0622 e. The van der Waals surface area contributed by atoms with Crippen molar-refractivity contribution >= 4 is 78.8 Å². The summed E-state index contributed by atoms with van der Waals surface area (Å²) < 4.78 is 13.0. The van der Waals surface area contributed by atoms with Crippen LogP contribution in [0.5, 0.6) is 0 Å². The molecule has 278 valence electrons. The molecule has 0 amide bonds. The molecule has 0 radical (unpaired) electrons. The second-order valence-electron chi connectivity index (χ2n) is 11.3. The van der Waals surface area contributed by atoms with E-state index in [1.54, 1.807) is 6.07 Å². The first kappa shape index (κ1) is 43.0. The second-order valence-corrected chi connectivity index (χ2v) is 18.1. The van der Waals surface area contributed by atoms with Crippen molar-refractivity contribution in [2.24, 2.45) is 0 Å². The molecule has 0 fully saturated rings. The zero-order valence-corrected chi connectivity index (χ0v) is 34.2. The number of carboxylic acid groups (broad SMARTS) is 1. The molecule has 9 heteroatoms. The van der Waals surface area contributed by atoms with E-state index < -0.39 is 27.6 Å². The molecule has 0 bridgehead atoms. The Bertz CT molecular complexity index is 1910. The number of nitrogens with zero attached hydrogens (tertiary/aromatic N) is 1. The van der Waals surface area contributed by atoms with Crippen molar-refractivity contribution in [3.63, 3.8) is 0 Å². The van der Waals surface area contributed by atoms with Crippen molar-refractivity contribution in [3.8, 4) is 6.07 Å². The van der Waals surface area contributed by atoms with Crippen LogP contribution in [0.15, 0.2) is 206 Å². The number of nitriles is 1. The molecule has 1 N–H and O–H groups in total. The molecular weight excluding hydrogens is 857 g/mol. The van der Waals surface area contributed by atoms with Gasteiger partial charge in [0.25, 0.3) is 0 Å². The van der Waals surface area contributed by atoms with Gasteiger partial charge >= 0.3 is 41.0 Å². The van der Waals surface area contributed by atoms with E-state index in [-0.39, 0.29) is 21.5 Å². The molecular formula is C46H36Cl2FNO2P2Pd. The molecule has 0 aliphatic heterocycles. The number of aliphatic carboxylic acids is 1. The van der Waals surface area contributed by atoms with Crippen LogP contribution < -0.4 is 31.8 Å². The summed E-state index contributed by atoms with van der Waals surface area (Å²) in [6.45, 7) is 0. The number of halogens is 3. The average molecular weight is 893 g/mol. The topological polar surface area (TPSA) is 61.1 Å². The first-order valence-corrected chi connectivity index (χ1v) is 23.5. The Morgan fingerprint density at radius 2 is 0.818 bits per heavy atom. The third-order valence-corrected chi connectivity index (χ3v) is 12.5. The zero-order chi connectivity index (χ0) is 39.1. The number of rotatable bonds is 8. The number of carboxylic acids is 1. The molecule has 0 heterocycles. The fourth-order valence-electron chi connectivity index (χ4n) is 5.25. The number of hydrogen-bond donors (Lipinski definition) is 1. The summed E-state index contributed by atoms with van der Waals surface area (Å²) in [6.07, 6.45) is 2.16. The summed E-state index contributed by atoms with van der Waals surface area (Å²) in [5, 5.41) is 25.1. The minimum Gasteiger partial charge on any atom is -0.0622 e. The van der Waals surface area contributed by atoms with Gasteiger partial charge in [0, 0.05) is 6.08 Å². The zero-order valence-electron chi connectivity index (χ0n) is 29.4. The van der Waals surface area contributed by atoms with Gasteiger partial charge in [0.05, 0.1) is 5.56 Å². The maximum atomic E-state index is 13.0. The molecule has 7 aromatic carbocycles. The maximum absolute atomic E-state index is 13.0. The van der Waals surface area contributed by atoms with E-state index in [9.17, 15) is 9.18 Å². The molecule has 0 aliphatic carbocycles. The first-order valence-electron chi connectivity index (χ1n) is 16.8. The van der Waals surface area contributed by atoms with E-state index in [2.05, 4.69) is 182 Å². The minimum atomic E-state index is -1.10. The molecule has 7 rings (SSSR count). The quantitative estimate of drug-likeness (QED) is 0.0940. The summed E-state index contributed by atoms with van der Waals surface area (Å²) in [4.78, 5) is 10.1. The molecule has 0 saturated heterocycles. The fourth-order valence-corrected chi connectivity index (χ4v) is 9.86. The van der Waals surface area contributed by atoms with Crippen molar-refractivity contribution in [3.05, 3.63) is 223 Å². The van der Waals surface area contributed by atoms with Crippen LogP contribution in [-0.4, -0.2) is 11.1 Å². The van der Waals surface area contributed by atoms with Gasteiger partial charge < -0.3 is 5.11 Å². The van der Waals surface area contributed by atoms with Crippen molar-refractivity contribution in [2.45, 2.75) is 0 Å². The Balaban J connectivity index is 0.000000179. The van der Waals surface area contributed by atoms with Crippen molar-refractivity contribution in [1.82, 2.24) is 0 Å². The third-order valence-electron chi connectivity index (χ3n) is 7.62. The molecule has 7 aromatic rings. The Labute approximate surface area is 341 Å². The van der Waals surface area contributed by atoms with Gasteiger partial charge in [0.2, 0.25) is 0 Å². The standard InChI is InChI=1S/2C18H15P.C10H6FNO2.2ClH.Pd/c2*1-4-10-16(11-5-1)19(17-12-6-2-7-13-17)18-14-8-3-9-15-18;11-9-5-7(2-4-10(13)14)1-3-8(9)6-12;;;/h2*1-15H;1-5H,(H,13,14);2*1H;/q;;;;;+2/p-2. The summed E-state index contributed by atoms with van der Waals surface area (Å²) >= 11 is -0.106. The van der Waals surface area contributed by atoms with Gasteiger partial charge in [0.15, 0.2) is 0 Å². The van der Waals surface area contributed by atoms with E-state index in [0.29, 0.717) is 5.56 Å². The predicted molar refractivity (Wildman–Crippen MR) is 230 cm³/mol. The molecule has 0 spiro atoms. The van der Waals surface area contributed by atoms with E-state index in [1.165, 1.54) is 50.0 Å². The van der Waals surface area contributed by atoms with Crippen molar-refractivity contribution in [1.29, 1.82) is 5.26 Å². The van der Waals surface area contributed by atoms with Crippen LogP contribution in [0.4, 0.5) is 4.39 Å². The Kier molecular flexibility index (Phi) is 19.3. The SMILES string of the molecule is N#Cc1ccc(C=CC(=O)O)cc1F.[Cl][Pd][Cl].c1ccc(P(c2ccccc2)c2ccccc2)cc1.c1ccc(P(c2ccccc2)c2ccccc2)cc1. The molecule has 0 aromatic heterocycles. The Hall–Kier alpha value is -4.73. The van der Waals surface area contributed by atoms with Crippen LogP contribution in [0.2, 0.25) is 0 Å². The third kappa shape index (κ3) is 14.5. The number of carbonyl (C=O) groups is 1. The number of hydrogen-bond acceptors (Lipinski definition) is 2. The predicted octanol–water partition coefficient (Wildman–Crippen LogP) is 10.1. The van der Waals surface area contributed by atoms with Crippen LogP contribution in [0.3, 0.4) is 0 Å². The smallest absolute Gasteiger partial charge is 0.0134 e. The first-order chi connectivity index (χ1) is 26.9. The van der Waals surface area contributed by atoms with Crippen LogP contribution >= 0.6 is 34.9 Å². The van der Waals surface area contributed by atoms with Gasteiger partial charge in [-0.15, -0.1) is 0 Å². The minimum absolute atomic E-state index is 0.0579. The molecule has 0 aliphatic rings. The maximum Gasteiger partial charge on any atom is -0.0134 e.